The summed E-state index contributed by atoms with van der Waals surface area (Å²) in [5.41, 5.74) is 5.27. The number of carbonyl (C=O) groups excluding carboxylic acids is 2. The van der Waals surface area contributed by atoms with Gasteiger partial charge in [0.1, 0.15) is 12.4 Å². The van der Waals surface area contributed by atoms with E-state index in [1.165, 1.54) is 0 Å². The van der Waals surface area contributed by atoms with Crippen molar-refractivity contribution in [1.82, 2.24) is 16.2 Å². The quantitative estimate of drug-likeness (QED) is 0.434. The van der Waals surface area contributed by atoms with Crippen molar-refractivity contribution in [3.05, 3.63) is 42.5 Å². The number of nitrogens with one attached hydrogen (secondary N) is 3. The lowest BCUT2D eigenvalue weighted by Gasteiger charge is -2.10. The van der Waals surface area contributed by atoms with Crippen molar-refractivity contribution in [2.24, 2.45) is 0 Å². The lowest BCUT2D eigenvalue weighted by molar-refractivity contribution is -0.119. The molecule has 2 amide bonds. The molecule has 3 N–H and O–H groups in total. The van der Waals surface area contributed by atoms with E-state index in [4.69, 9.17) is 17.0 Å². The Morgan fingerprint density at radius 3 is 2.52 bits per heavy atom. The van der Waals surface area contributed by atoms with E-state index in [0.29, 0.717) is 24.3 Å². The van der Waals surface area contributed by atoms with Gasteiger partial charge in [0, 0.05) is 12.0 Å². The molecule has 112 valence electrons. The second-order valence-corrected chi connectivity index (χ2v) is 4.34. The summed E-state index contributed by atoms with van der Waals surface area (Å²) in [6.07, 6.45) is 1.94. The highest BCUT2D eigenvalue weighted by atomic mass is 32.1. The fourth-order valence-corrected chi connectivity index (χ4v) is 1.45. The summed E-state index contributed by atoms with van der Waals surface area (Å²) in [7, 11) is 0. The van der Waals surface area contributed by atoms with E-state index in [2.05, 4.69) is 22.7 Å². The van der Waals surface area contributed by atoms with Crippen molar-refractivity contribution in [3.63, 3.8) is 0 Å². The molecule has 0 atom stereocenters. The van der Waals surface area contributed by atoms with Gasteiger partial charge in [0.25, 0.3) is 5.91 Å². The van der Waals surface area contributed by atoms with Gasteiger partial charge in [0.05, 0.1) is 0 Å². The molecule has 7 heteroatoms. The number of hydrogen-bond donors (Lipinski definition) is 3. The second kappa shape index (κ2) is 8.70. The Balaban J connectivity index is 2.46. The fourth-order valence-electron chi connectivity index (χ4n) is 1.29. The van der Waals surface area contributed by atoms with Gasteiger partial charge in [0.2, 0.25) is 5.91 Å². The average molecular weight is 307 g/mol. The highest BCUT2D eigenvalue weighted by Gasteiger charge is 2.07. The summed E-state index contributed by atoms with van der Waals surface area (Å²) >= 11 is 4.85. The molecule has 1 aromatic rings. The van der Waals surface area contributed by atoms with Crippen molar-refractivity contribution in [3.8, 4) is 5.75 Å². The Bertz CT molecular complexity index is 529. The molecule has 6 nitrogen and oxygen atoms in total. The number of hydrazine groups is 1. The van der Waals surface area contributed by atoms with Crippen LogP contribution in [0.2, 0.25) is 0 Å². The molecule has 0 radical (unpaired) electrons. The number of thiocarbonyl (C=S) groups is 1. The van der Waals surface area contributed by atoms with Gasteiger partial charge in [-0.1, -0.05) is 19.6 Å². The summed E-state index contributed by atoms with van der Waals surface area (Å²) in [5, 5.41) is 2.45. The summed E-state index contributed by atoms with van der Waals surface area (Å²) in [5.74, 6) is 0.0361. The highest BCUT2D eigenvalue weighted by molar-refractivity contribution is 7.80. The largest absolute Gasteiger partial charge is 0.490 e. The maximum absolute atomic E-state index is 11.8. The smallest absolute Gasteiger partial charge is 0.269 e. The Morgan fingerprint density at radius 2 is 1.95 bits per heavy atom. The predicted octanol–water partition coefficient (Wildman–Crippen LogP) is 1.30. The van der Waals surface area contributed by atoms with Crippen LogP contribution in [0.25, 0.3) is 0 Å². The molecule has 1 aromatic carbocycles. The van der Waals surface area contributed by atoms with E-state index < -0.39 is 0 Å². The Labute approximate surface area is 128 Å². The number of amides is 2. The van der Waals surface area contributed by atoms with Crippen LogP contribution in [-0.2, 0) is 4.79 Å². The molecule has 0 heterocycles. The van der Waals surface area contributed by atoms with E-state index in [0.717, 1.165) is 0 Å². The van der Waals surface area contributed by atoms with Gasteiger partial charge in [-0.3, -0.25) is 20.4 Å². The summed E-state index contributed by atoms with van der Waals surface area (Å²) in [6.45, 7) is 5.65. The molecule has 0 saturated carbocycles. The molecule has 0 unspecified atom stereocenters. The van der Waals surface area contributed by atoms with Crippen molar-refractivity contribution in [1.29, 1.82) is 0 Å². The van der Waals surface area contributed by atoms with Crippen LogP contribution >= 0.6 is 12.2 Å². The minimum Gasteiger partial charge on any atom is -0.490 e. The van der Waals surface area contributed by atoms with Crippen LogP contribution in [0.4, 0.5) is 0 Å². The summed E-state index contributed by atoms with van der Waals surface area (Å²) < 4.78 is 5.31. The van der Waals surface area contributed by atoms with Crippen LogP contribution < -0.4 is 20.9 Å². The van der Waals surface area contributed by atoms with E-state index in [1.54, 1.807) is 37.3 Å². The number of rotatable bonds is 5. The zero-order valence-corrected chi connectivity index (χ0v) is 12.5. The lowest BCUT2D eigenvalue weighted by atomic mass is 10.2. The van der Waals surface area contributed by atoms with E-state index in [9.17, 15) is 9.59 Å². The Kier molecular flexibility index (Phi) is 6.90. The molecule has 0 saturated heterocycles. The fraction of sp³-hybridized carbons (Fsp3) is 0.214. The molecule has 0 spiro atoms. The normalized spacial score (nSPS) is 9.38. The van der Waals surface area contributed by atoms with Gasteiger partial charge < -0.3 is 10.1 Å². The molecule has 0 aliphatic carbocycles. The Morgan fingerprint density at radius 1 is 1.29 bits per heavy atom. The lowest BCUT2D eigenvalue weighted by Crippen LogP contribution is -2.48. The molecule has 21 heavy (non-hydrogen) atoms. The SMILES string of the molecule is C=CCOc1ccc(C(=O)NNC(=S)NC(=O)CC)cc1. The number of hydrogen-bond acceptors (Lipinski definition) is 4. The minimum absolute atomic E-state index is 0.0427. The molecular formula is C14H17N3O3S. The number of benzene rings is 1. The third-order valence-corrected chi connectivity index (χ3v) is 2.55. The standard InChI is InChI=1S/C14H17N3O3S/c1-3-9-20-11-7-5-10(6-8-11)13(19)16-17-14(21)15-12(18)4-2/h3,5-8H,1,4,9H2,2H3,(H,16,19)(H2,15,17,18,21). The van der Waals surface area contributed by atoms with Gasteiger partial charge in [-0.15, -0.1) is 0 Å². The van der Waals surface area contributed by atoms with Gasteiger partial charge in [-0.25, -0.2) is 0 Å². The van der Waals surface area contributed by atoms with Crippen LogP contribution in [0.5, 0.6) is 5.75 Å². The van der Waals surface area contributed by atoms with Crippen LogP contribution in [0.3, 0.4) is 0 Å². The molecule has 0 aromatic heterocycles. The van der Waals surface area contributed by atoms with Crippen LogP contribution in [-0.4, -0.2) is 23.5 Å². The highest BCUT2D eigenvalue weighted by Crippen LogP contribution is 2.11. The number of carbonyl (C=O) groups is 2. The molecule has 0 fully saturated rings. The van der Waals surface area contributed by atoms with Crippen LogP contribution in [0, 0.1) is 0 Å². The zero-order chi connectivity index (χ0) is 15.7. The molecular weight excluding hydrogens is 290 g/mol. The monoisotopic (exact) mass is 307 g/mol. The van der Waals surface area contributed by atoms with Gasteiger partial charge in [0.15, 0.2) is 5.11 Å². The first-order valence-corrected chi connectivity index (χ1v) is 6.71. The maximum Gasteiger partial charge on any atom is 0.269 e. The first-order chi connectivity index (χ1) is 10.1. The van der Waals surface area contributed by atoms with Crippen molar-refractivity contribution >= 4 is 29.1 Å². The van der Waals surface area contributed by atoms with Gasteiger partial charge >= 0.3 is 0 Å². The number of ether oxygens (including phenoxy) is 1. The van der Waals surface area contributed by atoms with E-state index in [1.807, 2.05) is 0 Å². The van der Waals surface area contributed by atoms with Crippen LogP contribution in [0.1, 0.15) is 23.7 Å². The van der Waals surface area contributed by atoms with E-state index >= 15 is 0 Å². The molecule has 0 bridgehead atoms. The van der Waals surface area contributed by atoms with Crippen molar-refractivity contribution in [2.45, 2.75) is 13.3 Å². The topological polar surface area (TPSA) is 79.5 Å². The second-order valence-electron chi connectivity index (χ2n) is 3.93. The van der Waals surface area contributed by atoms with Crippen LogP contribution in [0.15, 0.2) is 36.9 Å². The van der Waals surface area contributed by atoms with Gasteiger partial charge in [-0.2, -0.15) is 0 Å². The van der Waals surface area contributed by atoms with Crippen molar-refractivity contribution in [2.75, 3.05) is 6.61 Å². The molecule has 0 aliphatic heterocycles. The third-order valence-electron chi connectivity index (χ3n) is 2.35. The van der Waals surface area contributed by atoms with Gasteiger partial charge in [-0.05, 0) is 36.5 Å². The predicted molar refractivity (Wildman–Crippen MR) is 83.8 cm³/mol. The first kappa shape index (κ1) is 16.6. The van der Waals surface area contributed by atoms with E-state index in [-0.39, 0.29) is 16.9 Å². The summed E-state index contributed by atoms with van der Waals surface area (Å²) in [6, 6.07) is 6.58. The minimum atomic E-state index is -0.377. The Hall–Kier alpha value is -2.41. The average Bonchev–Trinajstić information content (AvgIpc) is 2.50. The zero-order valence-electron chi connectivity index (χ0n) is 11.6. The first-order valence-electron chi connectivity index (χ1n) is 6.30. The molecule has 0 aliphatic rings. The summed E-state index contributed by atoms with van der Waals surface area (Å²) in [4.78, 5) is 22.9. The molecule has 1 rings (SSSR count). The maximum atomic E-state index is 11.8. The van der Waals surface area contributed by atoms with Crippen molar-refractivity contribution < 1.29 is 14.3 Å². The third kappa shape index (κ3) is 6.05.